The van der Waals surface area contributed by atoms with Gasteiger partial charge in [-0.2, -0.15) is 26.3 Å². The molecule has 3 aromatic rings. The third-order valence-electron chi connectivity index (χ3n) is 4.55. The van der Waals surface area contributed by atoms with Gasteiger partial charge < -0.3 is 15.0 Å². The first-order valence-corrected chi connectivity index (χ1v) is 9.28. The van der Waals surface area contributed by atoms with Gasteiger partial charge in [0.15, 0.2) is 0 Å². The van der Waals surface area contributed by atoms with Crippen LogP contribution >= 0.6 is 0 Å². The van der Waals surface area contributed by atoms with E-state index in [1.807, 2.05) is 6.07 Å². The predicted octanol–water partition coefficient (Wildman–Crippen LogP) is 5.85. The van der Waals surface area contributed by atoms with Crippen LogP contribution in [-0.4, -0.2) is 24.3 Å². The van der Waals surface area contributed by atoms with Crippen molar-refractivity contribution >= 4 is 10.9 Å². The molecule has 0 saturated heterocycles. The summed E-state index contributed by atoms with van der Waals surface area (Å²) in [5.41, 5.74) is 1.55. The van der Waals surface area contributed by atoms with Crippen molar-refractivity contribution in [1.29, 1.82) is 0 Å². The van der Waals surface area contributed by atoms with Crippen molar-refractivity contribution < 1.29 is 31.1 Å². The van der Waals surface area contributed by atoms with Gasteiger partial charge in [-0.25, -0.2) is 0 Å². The zero-order chi connectivity index (χ0) is 21.8. The Hall–Kier alpha value is -2.68. The quantitative estimate of drug-likeness (QED) is 0.348. The molecule has 0 unspecified atom stereocenters. The number of aromatic nitrogens is 1. The maximum Gasteiger partial charge on any atom is 0.416 e. The Balaban J connectivity index is 1.52. The number of halogens is 6. The summed E-state index contributed by atoms with van der Waals surface area (Å²) in [4.78, 5) is 2.97. The fourth-order valence-corrected chi connectivity index (χ4v) is 3.05. The molecule has 0 aliphatic carbocycles. The standard InChI is InChI=1S/C21H20F6N2O/c22-20(23,24)7-9-30-17-3-1-2-14(10-17)12-28-8-6-15-13-29-19-5-4-16(11-18(15)19)21(25,26)27/h1-5,10-11,13,28-29H,6-9,12H2. The average Bonchev–Trinajstić information content (AvgIpc) is 3.06. The highest BCUT2D eigenvalue weighted by atomic mass is 19.4. The maximum atomic E-state index is 12.9. The molecule has 1 heterocycles. The maximum absolute atomic E-state index is 12.9. The second kappa shape index (κ2) is 8.99. The van der Waals surface area contributed by atoms with E-state index in [0.29, 0.717) is 36.2 Å². The summed E-state index contributed by atoms with van der Waals surface area (Å²) >= 11 is 0. The second-order valence-corrected chi connectivity index (χ2v) is 6.86. The molecule has 0 fully saturated rings. The van der Waals surface area contributed by atoms with Crippen LogP contribution in [0.3, 0.4) is 0 Å². The average molecular weight is 430 g/mol. The summed E-state index contributed by atoms with van der Waals surface area (Å²) in [6, 6.07) is 10.4. The van der Waals surface area contributed by atoms with E-state index in [0.717, 1.165) is 23.3 Å². The third-order valence-corrected chi connectivity index (χ3v) is 4.55. The second-order valence-electron chi connectivity index (χ2n) is 6.86. The molecule has 0 atom stereocenters. The van der Waals surface area contributed by atoms with Crippen molar-refractivity contribution in [3.05, 3.63) is 65.4 Å². The molecule has 0 aliphatic rings. The van der Waals surface area contributed by atoms with Gasteiger partial charge in [0, 0.05) is 23.6 Å². The molecule has 2 N–H and O–H groups in total. The first-order chi connectivity index (χ1) is 14.1. The van der Waals surface area contributed by atoms with Gasteiger partial charge in [0.05, 0.1) is 18.6 Å². The van der Waals surface area contributed by atoms with Crippen molar-refractivity contribution in [2.24, 2.45) is 0 Å². The molecule has 1 aromatic heterocycles. The summed E-state index contributed by atoms with van der Waals surface area (Å²) in [6.45, 7) is 0.524. The molecule has 0 amide bonds. The Morgan fingerprint density at radius 3 is 2.50 bits per heavy atom. The van der Waals surface area contributed by atoms with Gasteiger partial charge in [0.1, 0.15) is 5.75 Å². The molecule has 0 bridgehead atoms. The number of rotatable bonds is 8. The Kier molecular flexibility index (Phi) is 6.60. The van der Waals surface area contributed by atoms with Gasteiger partial charge in [-0.05, 0) is 54.4 Å². The van der Waals surface area contributed by atoms with E-state index in [4.69, 9.17) is 4.74 Å². The van der Waals surface area contributed by atoms with Crippen molar-refractivity contribution in [3.63, 3.8) is 0 Å². The lowest BCUT2D eigenvalue weighted by atomic mass is 10.1. The number of hydrogen-bond acceptors (Lipinski definition) is 2. The van der Waals surface area contributed by atoms with E-state index >= 15 is 0 Å². The van der Waals surface area contributed by atoms with E-state index in [1.54, 1.807) is 24.4 Å². The molecule has 30 heavy (non-hydrogen) atoms. The van der Waals surface area contributed by atoms with Crippen LogP contribution in [0.25, 0.3) is 10.9 Å². The van der Waals surface area contributed by atoms with Crippen LogP contribution in [-0.2, 0) is 19.1 Å². The van der Waals surface area contributed by atoms with Crippen LogP contribution in [0.2, 0.25) is 0 Å². The Bertz CT molecular complexity index is 978. The molecule has 162 valence electrons. The fraction of sp³-hybridized carbons (Fsp3) is 0.333. The minimum absolute atomic E-state index is 0.356. The van der Waals surface area contributed by atoms with Gasteiger partial charge in [-0.1, -0.05) is 12.1 Å². The van der Waals surface area contributed by atoms with E-state index in [-0.39, 0.29) is 0 Å². The molecule has 3 nitrogen and oxygen atoms in total. The number of hydrogen-bond donors (Lipinski definition) is 2. The van der Waals surface area contributed by atoms with Crippen LogP contribution in [0, 0.1) is 0 Å². The number of aromatic amines is 1. The first kappa shape index (κ1) is 22.0. The number of ether oxygens (including phenoxy) is 1. The number of fused-ring (bicyclic) bond motifs is 1. The summed E-state index contributed by atoms with van der Waals surface area (Å²) < 4.78 is 80.5. The predicted molar refractivity (Wildman–Crippen MR) is 101 cm³/mol. The van der Waals surface area contributed by atoms with Crippen LogP contribution in [0.15, 0.2) is 48.7 Å². The molecule has 0 radical (unpaired) electrons. The largest absolute Gasteiger partial charge is 0.493 e. The third kappa shape index (κ3) is 6.16. The van der Waals surface area contributed by atoms with Gasteiger partial charge in [-0.15, -0.1) is 0 Å². The fourth-order valence-electron chi connectivity index (χ4n) is 3.05. The minimum Gasteiger partial charge on any atom is -0.493 e. The molecular weight excluding hydrogens is 410 g/mol. The monoisotopic (exact) mass is 430 g/mol. The van der Waals surface area contributed by atoms with Gasteiger partial charge in [0.2, 0.25) is 0 Å². The van der Waals surface area contributed by atoms with E-state index in [2.05, 4.69) is 10.3 Å². The summed E-state index contributed by atoms with van der Waals surface area (Å²) in [5.74, 6) is 0.356. The Morgan fingerprint density at radius 2 is 1.77 bits per heavy atom. The highest BCUT2D eigenvalue weighted by molar-refractivity contribution is 5.84. The number of H-pyrrole nitrogens is 1. The topological polar surface area (TPSA) is 37.0 Å². The van der Waals surface area contributed by atoms with Gasteiger partial charge in [-0.3, -0.25) is 0 Å². The van der Waals surface area contributed by atoms with Gasteiger partial charge >= 0.3 is 12.4 Å². The molecule has 3 rings (SSSR count). The zero-order valence-corrected chi connectivity index (χ0v) is 15.8. The molecule has 0 aliphatic heterocycles. The summed E-state index contributed by atoms with van der Waals surface area (Å²) in [5, 5.41) is 3.72. The van der Waals surface area contributed by atoms with Crippen LogP contribution in [0.4, 0.5) is 26.3 Å². The van der Waals surface area contributed by atoms with Crippen LogP contribution in [0.1, 0.15) is 23.1 Å². The summed E-state index contributed by atoms with van der Waals surface area (Å²) in [7, 11) is 0. The van der Waals surface area contributed by atoms with Crippen molar-refractivity contribution in [1.82, 2.24) is 10.3 Å². The summed E-state index contributed by atoms with van der Waals surface area (Å²) in [6.07, 6.45) is -7.46. The molecule has 0 spiro atoms. The normalized spacial score (nSPS) is 12.5. The SMILES string of the molecule is FC(F)(F)CCOc1cccc(CNCCc2c[nH]c3ccc(C(F)(F)F)cc23)c1. The van der Waals surface area contributed by atoms with Crippen molar-refractivity contribution in [2.75, 3.05) is 13.2 Å². The molecule has 0 saturated carbocycles. The Labute approximate surface area is 169 Å². The number of benzene rings is 2. The number of alkyl halides is 6. The van der Waals surface area contributed by atoms with E-state index < -0.39 is 30.9 Å². The van der Waals surface area contributed by atoms with E-state index in [1.165, 1.54) is 6.07 Å². The lowest BCUT2D eigenvalue weighted by Crippen LogP contribution is -2.17. The Morgan fingerprint density at radius 1 is 0.967 bits per heavy atom. The lowest BCUT2D eigenvalue weighted by Gasteiger charge is -2.10. The van der Waals surface area contributed by atoms with Crippen molar-refractivity contribution in [2.45, 2.75) is 31.7 Å². The molecular formula is C21H20F6N2O. The lowest BCUT2D eigenvalue weighted by molar-refractivity contribution is -0.139. The highest BCUT2D eigenvalue weighted by Gasteiger charge is 2.30. The van der Waals surface area contributed by atoms with Crippen molar-refractivity contribution in [3.8, 4) is 5.75 Å². The smallest absolute Gasteiger partial charge is 0.416 e. The van der Waals surface area contributed by atoms with Gasteiger partial charge in [0.25, 0.3) is 0 Å². The minimum atomic E-state index is -4.39. The van der Waals surface area contributed by atoms with Crippen LogP contribution in [0.5, 0.6) is 5.75 Å². The molecule has 2 aromatic carbocycles. The molecule has 9 heteroatoms. The van der Waals surface area contributed by atoms with Crippen LogP contribution < -0.4 is 10.1 Å². The zero-order valence-electron chi connectivity index (χ0n) is 15.8. The highest BCUT2D eigenvalue weighted by Crippen LogP contribution is 2.32. The van der Waals surface area contributed by atoms with E-state index in [9.17, 15) is 26.3 Å². The first-order valence-electron chi connectivity index (χ1n) is 9.28. The number of nitrogens with one attached hydrogen (secondary N) is 2.